The summed E-state index contributed by atoms with van der Waals surface area (Å²) in [4.78, 5) is 23.6. The van der Waals surface area contributed by atoms with Gasteiger partial charge in [0.1, 0.15) is 11.5 Å². The van der Waals surface area contributed by atoms with Crippen molar-refractivity contribution in [1.82, 2.24) is 15.3 Å². The van der Waals surface area contributed by atoms with E-state index in [1.807, 2.05) is 39.0 Å². The first-order valence-electron chi connectivity index (χ1n) is 11.0. The molecule has 1 heterocycles. The molecule has 0 bridgehead atoms. The third-order valence-corrected chi connectivity index (χ3v) is 5.07. The van der Waals surface area contributed by atoms with Crippen molar-refractivity contribution in [3.05, 3.63) is 36.5 Å². The monoisotopic (exact) mass is 461 g/mol. The molecule has 0 aliphatic rings. The van der Waals surface area contributed by atoms with Crippen molar-refractivity contribution in [2.24, 2.45) is 0 Å². The number of amides is 2. The summed E-state index contributed by atoms with van der Waals surface area (Å²) in [5.41, 5.74) is 8.82. The fraction of sp³-hybridized carbons (Fsp3) is 0.346. The normalized spacial score (nSPS) is 11.1. The summed E-state index contributed by atoms with van der Waals surface area (Å²) in [7, 11) is 3.20. The average molecular weight is 462 g/mol. The summed E-state index contributed by atoms with van der Waals surface area (Å²) in [5, 5.41) is 3.75. The number of benzene rings is 2. The number of carbonyl (C=O) groups is 1. The number of fused-ring (bicyclic) bond motifs is 1. The second-order valence-corrected chi connectivity index (χ2v) is 8.91. The van der Waals surface area contributed by atoms with Crippen molar-refractivity contribution >= 4 is 28.6 Å². The number of methoxy groups -OCH3 is 2. The number of urea groups is 1. The highest BCUT2D eigenvalue weighted by molar-refractivity contribution is 5.94. The smallest absolute Gasteiger partial charge is 0.324 e. The van der Waals surface area contributed by atoms with Crippen molar-refractivity contribution in [3.63, 3.8) is 0 Å². The summed E-state index contributed by atoms with van der Waals surface area (Å²) in [6.07, 6.45) is 8.26. The quantitative estimate of drug-likeness (QED) is 0.302. The molecule has 0 spiro atoms. The molecule has 1 aromatic heterocycles. The Morgan fingerprint density at radius 1 is 1.15 bits per heavy atom. The fourth-order valence-corrected chi connectivity index (χ4v) is 3.45. The molecule has 3 N–H and O–H groups in total. The Kier molecular flexibility index (Phi) is 7.47. The van der Waals surface area contributed by atoms with Gasteiger partial charge in [0.05, 0.1) is 19.7 Å². The van der Waals surface area contributed by atoms with Gasteiger partial charge in [-0.1, -0.05) is 0 Å². The lowest BCUT2D eigenvalue weighted by atomic mass is 10.0. The number of nitrogens with one attached hydrogen (secondary N) is 1. The number of hydrogen-bond acceptors (Lipinski definition) is 6. The number of terminal acetylenes is 1. The highest BCUT2D eigenvalue weighted by Gasteiger charge is 2.23. The van der Waals surface area contributed by atoms with E-state index in [-0.39, 0.29) is 6.03 Å². The maximum Gasteiger partial charge on any atom is 0.324 e. The Bertz CT molecular complexity index is 1210. The van der Waals surface area contributed by atoms with Gasteiger partial charge in [0.25, 0.3) is 0 Å². The zero-order chi connectivity index (χ0) is 24.9. The number of unbranched alkanes of at least 4 members (excludes halogenated alkanes) is 1. The van der Waals surface area contributed by atoms with E-state index in [2.05, 4.69) is 21.2 Å². The second kappa shape index (κ2) is 10.3. The Hall–Kier alpha value is -3.99. The molecule has 0 radical (unpaired) electrons. The van der Waals surface area contributed by atoms with Crippen LogP contribution in [0.15, 0.2) is 36.5 Å². The largest absolute Gasteiger partial charge is 0.497 e. The van der Waals surface area contributed by atoms with Gasteiger partial charge in [0, 0.05) is 47.4 Å². The SMILES string of the molecule is C#CCCCN(C(=O)NC(C)(C)C)c1ncc2cc(-c3cc(OC)cc(OC)c3)c(N)cc2n1. The number of hydrogen-bond donors (Lipinski definition) is 2. The van der Waals surface area contributed by atoms with Gasteiger partial charge in [-0.15, -0.1) is 12.3 Å². The molecule has 0 saturated carbocycles. The number of nitrogen functional groups attached to an aromatic ring is 1. The van der Waals surface area contributed by atoms with E-state index in [0.717, 1.165) is 16.5 Å². The first-order chi connectivity index (χ1) is 16.1. The second-order valence-electron chi connectivity index (χ2n) is 8.91. The van der Waals surface area contributed by atoms with Gasteiger partial charge < -0.3 is 20.5 Å². The van der Waals surface area contributed by atoms with Gasteiger partial charge in [-0.3, -0.25) is 4.90 Å². The number of nitrogens with zero attached hydrogens (tertiary/aromatic N) is 3. The molecule has 0 atom stereocenters. The van der Waals surface area contributed by atoms with Crippen LogP contribution in [-0.4, -0.2) is 42.3 Å². The van der Waals surface area contributed by atoms with Crippen LogP contribution in [0.4, 0.5) is 16.4 Å². The van der Waals surface area contributed by atoms with Crippen LogP contribution >= 0.6 is 0 Å². The third kappa shape index (κ3) is 5.87. The first-order valence-corrected chi connectivity index (χ1v) is 11.0. The molecule has 8 nitrogen and oxygen atoms in total. The fourth-order valence-electron chi connectivity index (χ4n) is 3.45. The Morgan fingerprint density at radius 3 is 2.41 bits per heavy atom. The number of anilines is 2. The molecule has 0 aliphatic carbocycles. The lowest BCUT2D eigenvalue weighted by molar-refractivity contribution is 0.237. The van der Waals surface area contributed by atoms with Crippen LogP contribution < -0.4 is 25.4 Å². The van der Waals surface area contributed by atoms with Gasteiger partial charge in [-0.25, -0.2) is 14.8 Å². The van der Waals surface area contributed by atoms with Gasteiger partial charge in [0.2, 0.25) is 5.95 Å². The lowest BCUT2D eigenvalue weighted by Gasteiger charge is -2.27. The maximum absolute atomic E-state index is 13.0. The van der Waals surface area contributed by atoms with E-state index >= 15 is 0 Å². The van der Waals surface area contributed by atoms with Crippen molar-refractivity contribution in [3.8, 4) is 35.0 Å². The van der Waals surface area contributed by atoms with Crippen molar-refractivity contribution < 1.29 is 14.3 Å². The van der Waals surface area contributed by atoms with Crippen molar-refractivity contribution in [2.45, 2.75) is 39.2 Å². The molecule has 178 valence electrons. The maximum atomic E-state index is 13.0. The van der Waals surface area contributed by atoms with Gasteiger partial charge >= 0.3 is 6.03 Å². The minimum absolute atomic E-state index is 0.281. The zero-order valence-corrected chi connectivity index (χ0v) is 20.3. The number of rotatable bonds is 7. The molecule has 2 aromatic carbocycles. The molecule has 34 heavy (non-hydrogen) atoms. The molecular weight excluding hydrogens is 430 g/mol. The van der Waals surface area contributed by atoms with E-state index < -0.39 is 5.54 Å². The van der Waals surface area contributed by atoms with Gasteiger partial charge in [0.15, 0.2) is 0 Å². The number of aromatic nitrogens is 2. The number of nitrogens with two attached hydrogens (primary N) is 1. The van der Waals surface area contributed by atoms with E-state index in [4.69, 9.17) is 21.6 Å². The molecule has 3 rings (SSSR count). The summed E-state index contributed by atoms with van der Waals surface area (Å²) in [6.45, 7) is 6.15. The summed E-state index contributed by atoms with van der Waals surface area (Å²) >= 11 is 0. The van der Waals surface area contributed by atoms with Crippen LogP contribution in [0.1, 0.15) is 33.6 Å². The third-order valence-electron chi connectivity index (χ3n) is 5.07. The summed E-state index contributed by atoms with van der Waals surface area (Å²) < 4.78 is 10.8. The summed E-state index contributed by atoms with van der Waals surface area (Å²) in [6, 6.07) is 8.99. The van der Waals surface area contributed by atoms with E-state index in [0.29, 0.717) is 48.0 Å². The van der Waals surface area contributed by atoms with Crippen molar-refractivity contribution in [2.75, 3.05) is 31.4 Å². The van der Waals surface area contributed by atoms with E-state index in [9.17, 15) is 4.79 Å². The number of carbonyl (C=O) groups excluding carboxylic acids is 1. The standard InChI is InChI=1S/C26H31N5O3/c1-7-8-9-10-31(25(32)30-26(2,3)4)24-28-16-18-13-21(22(27)15-23(18)29-24)17-11-19(33-5)14-20(12-17)34-6/h1,11-16H,8-10,27H2,2-6H3,(H,30,32). The molecule has 0 fully saturated rings. The van der Waals surface area contributed by atoms with Crippen LogP contribution in [0.5, 0.6) is 11.5 Å². The molecule has 3 aromatic rings. The molecule has 0 saturated heterocycles. The Balaban J connectivity index is 2.02. The highest BCUT2D eigenvalue weighted by atomic mass is 16.5. The molecule has 0 aliphatic heterocycles. The minimum atomic E-state index is -0.407. The Morgan fingerprint density at radius 2 is 1.82 bits per heavy atom. The topological polar surface area (TPSA) is 103 Å². The van der Waals surface area contributed by atoms with Gasteiger partial charge in [-0.2, -0.15) is 0 Å². The Labute approximate surface area is 200 Å². The molecule has 0 unspecified atom stereocenters. The van der Waals surface area contributed by atoms with E-state index in [1.54, 1.807) is 32.5 Å². The zero-order valence-electron chi connectivity index (χ0n) is 20.3. The molecular formula is C26H31N5O3. The predicted octanol–water partition coefficient (Wildman–Crippen LogP) is 4.62. The lowest BCUT2D eigenvalue weighted by Crippen LogP contribution is -2.49. The van der Waals surface area contributed by atoms with Crippen LogP contribution in [0.2, 0.25) is 0 Å². The molecule has 2 amide bonds. The van der Waals surface area contributed by atoms with Crippen molar-refractivity contribution in [1.29, 1.82) is 0 Å². The predicted molar refractivity (Wildman–Crippen MR) is 136 cm³/mol. The number of ether oxygens (including phenoxy) is 2. The van der Waals surface area contributed by atoms with E-state index in [1.165, 1.54) is 4.90 Å². The minimum Gasteiger partial charge on any atom is -0.497 e. The highest BCUT2D eigenvalue weighted by Crippen LogP contribution is 2.35. The first kappa shape index (κ1) is 24.6. The summed E-state index contributed by atoms with van der Waals surface area (Å²) in [5.74, 6) is 4.22. The van der Waals surface area contributed by atoms with Crippen LogP contribution in [0, 0.1) is 12.3 Å². The van der Waals surface area contributed by atoms with Gasteiger partial charge in [-0.05, 0) is 57.0 Å². The molecule has 8 heteroatoms. The van der Waals surface area contributed by atoms with Crippen LogP contribution in [0.25, 0.3) is 22.0 Å². The van der Waals surface area contributed by atoms with Crippen LogP contribution in [-0.2, 0) is 0 Å². The van der Waals surface area contributed by atoms with Crippen LogP contribution in [0.3, 0.4) is 0 Å². The average Bonchev–Trinajstić information content (AvgIpc) is 2.79.